The molecule has 2 heterocycles. The van der Waals surface area contributed by atoms with E-state index in [2.05, 4.69) is 0 Å². The van der Waals surface area contributed by atoms with E-state index in [0.717, 1.165) is 11.1 Å². The molecule has 4 aromatic rings. The number of nitrogens with zero attached hydrogens (tertiary/aromatic N) is 1. The smallest absolute Gasteiger partial charge is 0.450 e. The Balaban J connectivity index is 1.66. The fourth-order valence-electron chi connectivity index (χ4n) is 4.36. The molecule has 3 aromatic carbocycles. The Kier molecular flexibility index (Phi) is 5.76. The van der Waals surface area contributed by atoms with Gasteiger partial charge in [-0.2, -0.15) is 13.2 Å². The van der Waals surface area contributed by atoms with Crippen LogP contribution in [0.1, 0.15) is 22.5 Å². The predicted octanol–water partition coefficient (Wildman–Crippen LogP) is 6.15. The number of benzene rings is 3. The molecule has 1 aromatic heterocycles. The number of hydrogen-bond donors (Lipinski definition) is 0. The summed E-state index contributed by atoms with van der Waals surface area (Å²) in [6.45, 7) is 3.07. The molecule has 0 atom stereocenters. The SMILES string of the molecule is COc1ccccc1-c1c(C(F)(F)F)oc2c3c(ccc2c1=O)OCN(Cc1ccc(C)cc1)C3. The van der Waals surface area contributed by atoms with E-state index in [0.29, 0.717) is 17.9 Å². The van der Waals surface area contributed by atoms with Crippen molar-refractivity contribution in [2.24, 2.45) is 0 Å². The molecule has 0 amide bonds. The van der Waals surface area contributed by atoms with Gasteiger partial charge < -0.3 is 13.9 Å². The van der Waals surface area contributed by atoms with Gasteiger partial charge in [0.15, 0.2) is 0 Å². The summed E-state index contributed by atoms with van der Waals surface area (Å²) in [5.74, 6) is -0.808. The van der Waals surface area contributed by atoms with E-state index in [1.54, 1.807) is 18.2 Å². The van der Waals surface area contributed by atoms with Gasteiger partial charge in [-0.25, -0.2) is 0 Å². The molecule has 0 aliphatic carbocycles. The predicted molar refractivity (Wildman–Crippen MR) is 125 cm³/mol. The Bertz CT molecular complexity index is 1460. The van der Waals surface area contributed by atoms with Gasteiger partial charge in [0.05, 0.1) is 23.6 Å². The van der Waals surface area contributed by atoms with Crippen LogP contribution in [0.25, 0.3) is 22.1 Å². The van der Waals surface area contributed by atoms with Crippen LogP contribution in [0.3, 0.4) is 0 Å². The molecular formula is C27H22F3NO4. The fraction of sp³-hybridized carbons (Fsp3) is 0.222. The third-order valence-corrected chi connectivity index (χ3v) is 6.07. The van der Waals surface area contributed by atoms with Crippen LogP contribution in [-0.2, 0) is 19.3 Å². The molecule has 0 spiro atoms. The van der Waals surface area contributed by atoms with Gasteiger partial charge >= 0.3 is 6.18 Å². The lowest BCUT2D eigenvalue weighted by atomic mass is 9.99. The zero-order valence-corrected chi connectivity index (χ0v) is 19.1. The summed E-state index contributed by atoms with van der Waals surface area (Å²) in [5, 5.41) is 0.0541. The maximum absolute atomic E-state index is 14.2. The molecule has 8 heteroatoms. The quantitative estimate of drug-likeness (QED) is 0.350. The zero-order chi connectivity index (χ0) is 24.7. The van der Waals surface area contributed by atoms with Gasteiger partial charge in [-0.05, 0) is 30.7 Å². The van der Waals surface area contributed by atoms with Crippen molar-refractivity contribution in [1.82, 2.24) is 4.90 Å². The molecule has 180 valence electrons. The molecule has 0 radical (unpaired) electrons. The van der Waals surface area contributed by atoms with E-state index in [1.807, 2.05) is 36.1 Å². The molecular weight excluding hydrogens is 459 g/mol. The van der Waals surface area contributed by atoms with Crippen molar-refractivity contribution in [3.63, 3.8) is 0 Å². The first-order valence-electron chi connectivity index (χ1n) is 11.0. The van der Waals surface area contributed by atoms with Gasteiger partial charge in [-0.15, -0.1) is 0 Å². The monoisotopic (exact) mass is 481 g/mol. The van der Waals surface area contributed by atoms with Gasteiger partial charge in [0, 0.05) is 18.7 Å². The summed E-state index contributed by atoms with van der Waals surface area (Å²) in [4.78, 5) is 15.4. The van der Waals surface area contributed by atoms with Crippen molar-refractivity contribution >= 4 is 11.0 Å². The van der Waals surface area contributed by atoms with Gasteiger partial charge in [0.2, 0.25) is 11.2 Å². The van der Waals surface area contributed by atoms with Gasteiger partial charge in [0.1, 0.15) is 23.8 Å². The second-order valence-corrected chi connectivity index (χ2v) is 8.50. The van der Waals surface area contributed by atoms with Crippen molar-refractivity contribution in [2.75, 3.05) is 13.8 Å². The Morgan fingerprint density at radius 3 is 2.49 bits per heavy atom. The zero-order valence-electron chi connectivity index (χ0n) is 19.1. The summed E-state index contributed by atoms with van der Waals surface area (Å²) in [6.07, 6.45) is -4.90. The molecule has 0 N–H and O–H groups in total. The number of para-hydroxylation sites is 1. The Labute approximate surface area is 199 Å². The lowest BCUT2D eigenvalue weighted by Gasteiger charge is -2.29. The first-order valence-corrected chi connectivity index (χ1v) is 11.0. The van der Waals surface area contributed by atoms with Crippen molar-refractivity contribution in [3.8, 4) is 22.6 Å². The van der Waals surface area contributed by atoms with Crippen molar-refractivity contribution in [2.45, 2.75) is 26.2 Å². The van der Waals surface area contributed by atoms with Crippen molar-refractivity contribution in [1.29, 1.82) is 0 Å². The largest absolute Gasteiger partial charge is 0.496 e. The molecule has 5 rings (SSSR count). The topological polar surface area (TPSA) is 51.9 Å². The standard InChI is InChI=1S/C27H22F3NO4/c1-16-7-9-17(10-8-16)13-31-14-20-22(34-15-31)12-11-19-24(32)23(18-5-3-4-6-21(18)33-2)26(27(28,29)30)35-25(19)20/h3-12H,13-15H2,1-2H3. The Hall–Kier alpha value is -3.78. The number of alkyl halides is 3. The summed E-state index contributed by atoms with van der Waals surface area (Å²) in [5.41, 5.74) is 1.14. The molecule has 0 unspecified atom stereocenters. The number of hydrogen-bond acceptors (Lipinski definition) is 5. The molecule has 1 aliphatic heterocycles. The van der Waals surface area contributed by atoms with Crippen molar-refractivity contribution < 1.29 is 27.1 Å². The highest BCUT2D eigenvalue weighted by molar-refractivity contribution is 5.88. The second-order valence-electron chi connectivity index (χ2n) is 8.50. The maximum atomic E-state index is 14.2. The molecule has 0 fully saturated rings. The number of fused-ring (bicyclic) bond motifs is 3. The van der Waals surface area contributed by atoms with E-state index in [-0.39, 0.29) is 35.6 Å². The van der Waals surface area contributed by atoms with Gasteiger partial charge in [-0.3, -0.25) is 9.69 Å². The highest BCUT2D eigenvalue weighted by Crippen LogP contribution is 2.42. The minimum absolute atomic E-state index is 0.0212. The number of methoxy groups -OCH3 is 1. The van der Waals surface area contributed by atoms with E-state index in [4.69, 9.17) is 13.9 Å². The highest BCUT2D eigenvalue weighted by atomic mass is 19.4. The van der Waals surface area contributed by atoms with E-state index >= 15 is 0 Å². The Morgan fingerprint density at radius 2 is 1.77 bits per heavy atom. The average molecular weight is 481 g/mol. The van der Waals surface area contributed by atoms with Crippen LogP contribution in [0, 0.1) is 6.92 Å². The number of aryl methyl sites for hydroxylation is 1. The third kappa shape index (κ3) is 4.25. The molecule has 35 heavy (non-hydrogen) atoms. The summed E-state index contributed by atoms with van der Waals surface area (Å²) >= 11 is 0. The van der Waals surface area contributed by atoms with Crippen LogP contribution >= 0.6 is 0 Å². The van der Waals surface area contributed by atoms with E-state index in [1.165, 1.54) is 25.3 Å². The van der Waals surface area contributed by atoms with Gasteiger partial charge in [0.25, 0.3) is 0 Å². The average Bonchev–Trinajstić information content (AvgIpc) is 2.84. The van der Waals surface area contributed by atoms with Crippen LogP contribution in [0.15, 0.2) is 69.9 Å². The molecule has 0 bridgehead atoms. The number of rotatable bonds is 4. The van der Waals surface area contributed by atoms with E-state index < -0.39 is 22.9 Å². The molecule has 0 saturated carbocycles. The summed E-state index contributed by atoms with van der Waals surface area (Å²) in [7, 11) is 1.34. The minimum atomic E-state index is -4.90. The summed E-state index contributed by atoms with van der Waals surface area (Å²) in [6, 6.07) is 17.1. The van der Waals surface area contributed by atoms with Crippen LogP contribution in [-0.4, -0.2) is 18.7 Å². The molecule has 5 nitrogen and oxygen atoms in total. The summed E-state index contributed by atoms with van der Waals surface area (Å²) < 4.78 is 59.1. The van der Waals surface area contributed by atoms with E-state index in [9.17, 15) is 18.0 Å². The third-order valence-electron chi connectivity index (χ3n) is 6.07. The van der Waals surface area contributed by atoms with Crippen LogP contribution in [0.2, 0.25) is 0 Å². The number of ether oxygens (including phenoxy) is 2. The van der Waals surface area contributed by atoms with Crippen LogP contribution in [0.5, 0.6) is 11.5 Å². The normalized spacial score (nSPS) is 14.0. The maximum Gasteiger partial charge on any atom is 0.450 e. The van der Waals surface area contributed by atoms with Crippen LogP contribution < -0.4 is 14.9 Å². The first kappa shape index (κ1) is 23.0. The first-order chi connectivity index (χ1) is 16.8. The minimum Gasteiger partial charge on any atom is -0.496 e. The lowest BCUT2D eigenvalue weighted by molar-refractivity contribution is -0.152. The van der Waals surface area contributed by atoms with Gasteiger partial charge in [-0.1, -0.05) is 48.0 Å². The number of halogens is 3. The van der Waals surface area contributed by atoms with Crippen molar-refractivity contribution in [3.05, 3.63) is 93.3 Å². The fourth-order valence-corrected chi connectivity index (χ4v) is 4.36. The Morgan fingerprint density at radius 1 is 1.03 bits per heavy atom. The molecule has 1 aliphatic rings. The highest BCUT2D eigenvalue weighted by Gasteiger charge is 2.40. The second kappa shape index (κ2) is 8.78. The lowest BCUT2D eigenvalue weighted by Crippen LogP contribution is -2.32. The molecule has 0 saturated heterocycles. The van der Waals surface area contributed by atoms with Crippen LogP contribution in [0.4, 0.5) is 13.2 Å².